The van der Waals surface area contributed by atoms with Crippen molar-refractivity contribution >= 4 is 16.6 Å². The van der Waals surface area contributed by atoms with Crippen LogP contribution in [0.5, 0.6) is 11.8 Å². The zero-order chi connectivity index (χ0) is 28.8. The summed E-state index contributed by atoms with van der Waals surface area (Å²) in [7, 11) is 0. The van der Waals surface area contributed by atoms with Gasteiger partial charge in [-0.3, -0.25) is 9.88 Å². The summed E-state index contributed by atoms with van der Waals surface area (Å²) in [5.74, 6) is 0.163. The van der Waals surface area contributed by atoms with Crippen LogP contribution in [-0.4, -0.2) is 75.5 Å². The van der Waals surface area contributed by atoms with E-state index in [1.54, 1.807) is 18.3 Å². The number of benzene rings is 2. The zero-order valence-corrected chi connectivity index (χ0v) is 24.4. The second-order valence-electron chi connectivity index (χ2n) is 12.2. The number of morpholine rings is 1. The van der Waals surface area contributed by atoms with Crippen LogP contribution in [0.3, 0.4) is 0 Å². The van der Waals surface area contributed by atoms with Gasteiger partial charge in [-0.2, -0.15) is 4.98 Å². The normalized spacial score (nSPS) is 22.5. The molecule has 1 aromatic heterocycles. The molecule has 4 fully saturated rings. The Morgan fingerprint density at radius 2 is 1.98 bits per heavy atom. The van der Waals surface area contributed by atoms with Crippen molar-refractivity contribution in [3.63, 3.8) is 0 Å². The van der Waals surface area contributed by atoms with Gasteiger partial charge in [-0.15, -0.1) is 0 Å². The molecular weight excluding hydrogens is 533 g/mol. The molecular formula is C33H38FN5O3. The maximum atomic E-state index is 16.1. The summed E-state index contributed by atoms with van der Waals surface area (Å²) in [5.41, 5.74) is 2.48. The average Bonchev–Trinajstić information content (AvgIpc) is 3.78. The van der Waals surface area contributed by atoms with Crippen molar-refractivity contribution < 1.29 is 19.0 Å². The van der Waals surface area contributed by atoms with Gasteiger partial charge in [-0.1, -0.05) is 25.1 Å². The summed E-state index contributed by atoms with van der Waals surface area (Å²) in [6.45, 7) is 8.06. The molecule has 1 N–H and O–H groups in total. The number of hydrogen-bond donors (Lipinski definition) is 1. The number of halogens is 1. The van der Waals surface area contributed by atoms with Crippen LogP contribution in [0, 0.1) is 12.7 Å². The fraction of sp³-hybridized carbons (Fsp3) is 0.485. The van der Waals surface area contributed by atoms with Gasteiger partial charge in [0.2, 0.25) is 0 Å². The minimum atomic E-state index is -0.619. The fourth-order valence-electron chi connectivity index (χ4n) is 7.51. The van der Waals surface area contributed by atoms with Crippen LogP contribution in [0.4, 0.5) is 10.2 Å². The van der Waals surface area contributed by atoms with E-state index in [1.807, 2.05) is 25.1 Å². The molecule has 9 heteroatoms. The summed E-state index contributed by atoms with van der Waals surface area (Å²) in [6, 6.07) is 9.57. The molecule has 3 aromatic rings. The molecule has 0 aliphatic carbocycles. The monoisotopic (exact) mass is 571 g/mol. The number of aromatic hydroxyl groups is 1. The Bertz CT molecular complexity index is 1570. The molecule has 4 aliphatic heterocycles. The number of rotatable bonds is 6. The first kappa shape index (κ1) is 27.3. The largest absolute Gasteiger partial charge is 0.508 e. The van der Waals surface area contributed by atoms with Crippen molar-refractivity contribution in [2.24, 2.45) is 0 Å². The van der Waals surface area contributed by atoms with Crippen LogP contribution in [0.25, 0.3) is 22.0 Å². The van der Waals surface area contributed by atoms with Gasteiger partial charge in [-0.05, 0) is 87.0 Å². The van der Waals surface area contributed by atoms with Crippen LogP contribution in [0.15, 0.2) is 42.7 Å². The molecule has 0 spiro atoms. The van der Waals surface area contributed by atoms with Crippen molar-refractivity contribution in [1.82, 2.24) is 19.9 Å². The number of ether oxygens (including phenoxy) is 2. The van der Waals surface area contributed by atoms with Gasteiger partial charge >= 0.3 is 6.01 Å². The summed E-state index contributed by atoms with van der Waals surface area (Å²) in [5, 5.41) is 12.3. The molecule has 42 heavy (non-hydrogen) atoms. The number of hydrogen-bond acceptors (Lipinski definition) is 8. The van der Waals surface area contributed by atoms with E-state index in [2.05, 4.69) is 26.7 Å². The minimum absolute atomic E-state index is 0.00483. The van der Waals surface area contributed by atoms with Gasteiger partial charge in [0, 0.05) is 23.9 Å². The minimum Gasteiger partial charge on any atom is -0.508 e. The molecule has 2 unspecified atom stereocenters. The molecule has 2 aromatic carbocycles. The Morgan fingerprint density at radius 1 is 1.14 bits per heavy atom. The standard InChI is InChI=1S/C33H38FN5O3/c1-3-22-7-4-8-23-13-25(40)15-27(29(22)23)30-28(34)17-36-32(42-20-33-9-5-11-38(33)12-6-10-33)37-31(21(2)16-35-30)39-18-26-14-24(39)19-41-26/h4,7-8,13,15-17,24,26,40H,3,5-6,9-12,14,18-20H2,1-2H3. The predicted octanol–water partition coefficient (Wildman–Crippen LogP) is 5.52. The van der Waals surface area contributed by atoms with Gasteiger partial charge in [-0.25, -0.2) is 9.37 Å². The molecule has 220 valence electrons. The molecule has 4 aliphatic rings. The molecule has 7 rings (SSSR count). The summed E-state index contributed by atoms with van der Waals surface area (Å²) >= 11 is 0. The van der Waals surface area contributed by atoms with E-state index in [0.717, 1.165) is 92.1 Å². The van der Waals surface area contributed by atoms with Gasteiger partial charge in [0.1, 0.15) is 23.9 Å². The quantitative estimate of drug-likeness (QED) is 0.414. The Balaban J connectivity index is 1.38. The maximum Gasteiger partial charge on any atom is 0.318 e. The molecule has 2 atom stereocenters. The lowest BCUT2D eigenvalue weighted by Gasteiger charge is -2.31. The second-order valence-corrected chi connectivity index (χ2v) is 12.2. The highest BCUT2D eigenvalue weighted by Gasteiger charge is 2.45. The number of anilines is 1. The molecule has 0 amide bonds. The fourth-order valence-corrected chi connectivity index (χ4v) is 7.51. The first-order chi connectivity index (χ1) is 20.4. The van der Waals surface area contributed by atoms with E-state index in [4.69, 9.17) is 14.5 Å². The topological polar surface area (TPSA) is 83.8 Å². The highest BCUT2D eigenvalue weighted by molar-refractivity contribution is 5.99. The van der Waals surface area contributed by atoms with E-state index >= 15 is 4.39 Å². The number of aromatic nitrogens is 3. The van der Waals surface area contributed by atoms with Crippen molar-refractivity contribution in [3.8, 4) is 23.0 Å². The van der Waals surface area contributed by atoms with E-state index in [9.17, 15) is 5.11 Å². The predicted molar refractivity (Wildman–Crippen MR) is 160 cm³/mol. The average molecular weight is 572 g/mol. The van der Waals surface area contributed by atoms with Crippen LogP contribution in [-0.2, 0) is 11.2 Å². The molecule has 8 nitrogen and oxygen atoms in total. The summed E-state index contributed by atoms with van der Waals surface area (Å²) in [4.78, 5) is 18.9. The first-order valence-corrected chi connectivity index (χ1v) is 15.2. The van der Waals surface area contributed by atoms with Crippen LogP contribution in [0.1, 0.15) is 50.2 Å². The second kappa shape index (κ2) is 10.9. The highest BCUT2D eigenvalue weighted by Crippen LogP contribution is 2.40. The zero-order valence-electron chi connectivity index (χ0n) is 24.4. The van der Waals surface area contributed by atoms with Crippen molar-refractivity contribution in [2.45, 2.75) is 70.1 Å². The Morgan fingerprint density at radius 3 is 2.71 bits per heavy atom. The number of aryl methyl sites for hydroxylation is 2. The number of phenolic OH excluding ortho intramolecular Hbond substituents is 1. The van der Waals surface area contributed by atoms with Crippen molar-refractivity contribution in [2.75, 3.05) is 37.7 Å². The number of phenols is 1. The van der Waals surface area contributed by atoms with Gasteiger partial charge in [0.25, 0.3) is 0 Å². The lowest BCUT2D eigenvalue weighted by molar-refractivity contribution is 0.0983. The summed E-state index contributed by atoms with van der Waals surface area (Å²) in [6.07, 6.45) is 9.23. The Labute approximate surface area is 245 Å². The van der Waals surface area contributed by atoms with Crippen LogP contribution >= 0.6 is 0 Å². The van der Waals surface area contributed by atoms with E-state index in [-0.39, 0.29) is 35.1 Å². The first-order valence-electron chi connectivity index (χ1n) is 15.2. The lowest BCUT2D eigenvalue weighted by atomic mass is 9.95. The van der Waals surface area contributed by atoms with Gasteiger partial charge in [0.05, 0.1) is 30.5 Å². The molecule has 4 saturated heterocycles. The van der Waals surface area contributed by atoms with Crippen molar-refractivity contribution in [1.29, 1.82) is 0 Å². The number of fused-ring (bicyclic) bond motifs is 4. The SMILES string of the molecule is CCc1cccc2cc(O)cc(-c3ncc(C)c(N4CC5CC4CO5)nc(OCC45CCCN4CCC5)ncc3F)c12. The highest BCUT2D eigenvalue weighted by atomic mass is 19.1. The molecule has 0 saturated carbocycles. The van der Waals surface area contributed by atoms with Crippen LogP contribution in [0.2, 0.25) is 0 Å². The van der Waals surface area contributed by atoms with Gasteiger partial charge in [0.15, 0.2) is 5.82 Å². The summed E-state index contributed by atoms with van der Waals surface area (Å²) < 4.78 is 28.4. The van der Waals surface area contributed by atoms with E-state index in [0.29, 0.717) is 18.8 Å². The molecule has 0 radical (unpaired) electrons. The lowest BCUT2D eigenvalue weighted by Crippen LogP contribution is -2.43. The third-order valence-corrected chi connectivity index (χ3v) is 9.59. The van der Waals surface area contributed by atoms with Crippen molar-refractivity contribution in [3.05, 3.63) is 59.7 Å². The van der Waals surface area contributed by atoms with Gasteiger partial charge < -0.3 is 19.5 Å². The molecule has 5 heterocycles. The third kappa shape index (κ3) is 4.82. The Kier molecular flexibility index (Phi) is 7.10. The third-order valence-electron chi connectivity index (χ3n) is 9.59. The number of nitrogens with zero attached hydrogens (tertiary/aromatic N) is 5. The smallest absolute Gasteiger partial charge is 0.318 e. The maximum absolute atomic E-state index is 16.1. The van der Waals surface area contributed by atoms with E-state index < -0.39 is 5.82 Å². The molecule has 2 bridgehead atoms. The van der Waals surface area contributed by atoms with Crippen LogP contribution < -0.4 is 9.64 Å². The Hall–Kier alpha value is -3.56. The van der Waals surface area contributed by atoms with E-state index in [1.165, 1.54) is 0 Å².